The molecule has 2 aromatic rings. The van der Waals surface area contributed by atoms with E-state index >= 15 is 0 Å². The van der Waals surface area contributed by atoms with Crippen molar-refractivity contribution >= 4 is 10.8 Å². The molecule has 1 aromatic carbocycles. The molecular weight excluding hydrogens is 246 g/mol. The lowest BCUT2D eigenvalue weighted by Gasteiger charge is -2.26. The second-order valence-corrected chi connectivity index (χ2v) is 5.40. The van der Waals surface area contributed by atoms with Crippen LogP contribution in [0.5, 0.6) is 0 Å². The molecule has 1 aromatic heterocycles. The van der Waals surface area contributed by atoms with Crippen molar-refractivity contribution < 1.29 is 0 Å². The predicted octanol–water partition coefficient (Wildman–Crippen LogP) is 3.96. The maximum atomic E-state index is 5.87. The number of nitrogens with two attached hydrogens (primary N) is 1. The lowest BCUT2D eigenvalue weighted by atomic mass is 9.86. The number of hydrogen-bond donors (Lipinski definition) is 2. The first kappa shape index (κ1) is 14.9. The van der Waals surface area contributed by atoms with E-state index in [0.717, 1.165) is 6.42 Å². The topological polar surface area (TPSA) is 50.9 Å². The van der Waals surface area contributed by atoms with E-state index in [2.05, 4.69) is 42.5 Å². The molecule has 3 N–H and O–H groups in total. The molecule has 0 bridgehead atoms. The van der Waals surface area contributed by atoms with Crippen molar-refractivity contribution in [2.75, 3.05) is 0 Å². The molecule has 20 heavy (non-hydrogen) atoms. The number of unbranched alkanes of at least 4 members (excludes halogenated alkanes) is 1. The third-order valence-electron chi connectivity index (χ3n) is 4.14. The van der Waals surface area contributed by atoms with Gasteiger partial charge in [0.05, 0.1) is 6.04 Å². The van der Waals surface area contributed by atoms with E-state index in [9.17, 15) is 0 Å². The molecule has 2 atom stereocenters. The van der Waals surface area contributed by atoms with E-state index in [1.807, 2.05) is 18.5 Å². The molecule has 0 spiro atoms. The van der Waals surface area contributed by atoms with E-state index in [4.69, 9.17) is 5.84 Å². The third-order valence-corrected chi connectivity index (χ3v) is 4.14. The Bertz CT molecular complexity index is 533. The molecule has 0 aliphatic rings. The summed E-state index contributed by atoms with van der Waals surface area (Å²) in [6, 6.07) is 8.56. The van der Waals surface area contributed by atoms with Gasteiger partial charge in [0.1, 0.15) is 0 Å². The number of pyridine rings is 1. The summed E-state index contributed by atoms with van der Waals surface area (Å²) >= 11 is 0. The van der Waals surface area contributed by atoms with Gasteiger partial charge in [-0.25, -0.2) is 0 Å². The van der Waals surface area contributed by atoms with Gasteiger partial charge in [-0.3, -0.25) is 16.3 Å². The van der Waals surface area contributed by atoms with Gasteiger partial charge in [0.2, 0.25) is 0 Å². The molecule has 0 saturated carbocycles. The van der Waals surface area contributed by atoms with Crippen molar-refractivity contribution in [3.05, 3.63) is 42.2 Å². The molecule has 108 valence electrons. The van der Waals surface area contributed by atoms with E-state index in [0.29, 0.717) is 5.92 Å². The number of nitrogens with zero attached hydrogens (tertiary/aromatic N) is 1. The third kappa shape index (κ3) is 3.17. The van der Waals surface area contributed by atoms with Crippen LogP contribution in [0.2, 0.25) is 0 Å². The summed E-state index contributed by atoms with van der Waals surface area (Å²) in [5.41, 5.74) is 4.25. The minimum Gasteiger partial charge on any atom is -0.271 e. The fourth-order valence-electron chi connectivity index (χ4n) is 2.94. The largest absolute Gasteiger partial charge is 0.271 e. The standard InChI is InChI=1S/C17H25N3/c1-3-5-8-13(4-2)17(20-18)16-12-19-11-14-9-6-7-10-15(14)16/h6-7,9-13,17,20H,3-5,8,18H2,1-2H3. The minimum atomic E-state index is 0.171. The Morgan fingerprint density at radius 3 is 2.70 bits per heavy atom. The zero-order chi connectivity index (χ0) is 14.4. The van der Waals surface area contributed by atoms with Gasteiger partial charge in [-0.15, -0.1) is 0 Å². The van der Waals surface area contributed by atoms with Crippen LogP contribution in [0.1, 0.15) is 51.1 Å². The van der Waals surface area contributed by atoms with Crippen molar-refractivity contribution in [2.24, 2.45) is 11.8 Å². The molecule has 0 radical (unpaired) electrons. The van der Waals surface area contributed by atoms with Gasteiger partial charge in [-0.1, -0.05) is 57.4 Å². The van der Waals surface area contributed by atoms with Gasteiger partial charge in [0, 0.05) is 17.8 Å². The van der Waals surface area contributed by atoms with E-state index in [-0.39, 0.29) is 6.04 Å². The summed E-state index contributed by atoms with van der Waals surface area (Å²) < 4.78 is 0. The first-order valence-corrected chi connectivity index (χ1v) is 7.60. The van der Waals surface area contributed by atoms with Gasteiger partial charge in [-0.05, 0) is 23.3 Å². The number of benzene rings is 1. The fourth-order valence-corrected chi connectivity index (χ4v) is 2.94. The molecule has 0 saturated heterocycles. The maximum Gasteiger partial charge on any atom is 0.0509 e. The Kier molecular flexibility index (Phi) is 5.50. The number of nitrogens with one attached hydrogen (secondary N) is 1. The molecular formula is C17H25N3. The van der Waals surface area contributed by atoms with Crippen LogP contribution in [0, 0.1) is 5.92 Å². The minimum absolute atomic E-state index is 0.171. The summed E-state index contributed by atoms with van der Waals surface area (Å²) in [5.74, 6) is 6.41. The van der Waals surface area contributed by atoms with Crippen LogP contribution in [0.25, 0.3) is 10.8 Å². The molecule has 2 unspecified atom stereocenters. The lowest BCUT2D eigenvalue weighted by Crippen LogP contribution is -2.33. The Morgan fingerprint density at radius 1 is 1.20 bits per heavy atom. The smallest absolute Gasteiger partial charge is 0.0509 e. The Balaban J connectivity index is 2.37. The highest BCUT2D eigenvalue weighted by atomic mass is 15.2. The van der Waals surface area contributed by atoms with Crippen LogP contribution in [0.4, 0.5) is 0 Å². The van der Waals surface area contributed by atoms with Crippen LogP contribution < -0.4 is 11.3 Å². The second kappa shape index (κ2) is 7.36. The molecule has 1 heterocycles. The quantitative estimate of drug-likeness (QED) is 0.592. The van der Waals surface area contributed by atoms with Crippen LogP contribution in [-0.4, -0.2) is 4.98 Å². The monoisotopic (exact) mass is 271 g/mol. The van der Waals surface area contributed by atoms with Crippen molar-refractivity contribution in [3.8, 4) is 0 Å². The highest BCUT2D eigenvalue weighted by Crippen LogP contribution is 2.32. The van der Waals surface area contributed by atoms with Crippen molar-refractivity contribution in [2.45, 2.75) is 45.6 Å². The van der Waals surface area contributed by atoms with Gasteiger partial charge in [0.25, 0.3) is 0 Å². The SMILES string of the molecule is CCCCC(CC)C(NN)c1cncc2ccccc12. The Hall–Kier alpha value is -1.45. The summed E-state index contributed by atoms with van der Waals surface area (Å²) in [4.78, 5) is 4.38. The van der Waals surface area contributed by atoms with Crippen LogP contribution in [0.15, 0.2) is 36.7 Å². The molecule has 0 aliphatic carbocycles. The first-order chi connectivity index (χ1) is 9.81. The molecule has 3 heteroatoms. The number of hydrazine groups is 1. The number of rotatable bonds is 7. The van der Waals surface area contributed by atoms with Gasteiger partial charge >= 0.3 is 0 Å². The lowest BCUT2D eigenvalue weighted by molar-refractivity contribution is 0.328. The molecule has 3 nitrogen and oxygen atoms in total. The molecule has 0 amide bonds. The van der Waals surface area contributed by atoms with Gasteiger partial charge in [0.15, 0.2) is 0 Å². The second-order valence-electron chi connectivity index (χ2n) is 5.40. The van der Waals surface area contributed by atoms with Crippen molar-refractivity contribution in [1.29, 1.82) is 0 Å². The average Bonchev–Trinajstić information content (AvgIpc) is 2.51. The zero-order valence-electron chi connectivity index (χ0n) is 12.5. The van der Waals surface area contributed by atoms with Crippen LogP contribution in [-0.2, 0) is 0 Å². The molecule has 0 fully saturated rings. The van der Waals surface area contributed by atoms with Crippen LogP contribution in [0.3, 0.4) is 0 Å². The average molecular weight is 271 g/mol. The Morgan fingerprint density at radius 2 is 2.00 bits per heavy atom. The van der Waals surface area contributed by atoms with Gasteiger partial charge < -0.3 is 0 Å². The summed E-state index contributed by atoms with van der Waals surface area (Å²) in [6.07, 6.45) is 8.67. The maximum absolute atomic E-state index is 5.87. The van der Waals surface area contributed by atoms with E-state index < -0.39 is 0 Å². The van der Waals surface area contributed by atoms with Crippen molar-refractivity contribution in [1.82, 2.24) is 10.4 Å². The highest BCUT2D eigenvalue weighted by molar-refractivity contribution is 5.85. The molecule has 2 rings (SSSR count). The summed E-state index contributed by atoms with van der Waals surface area (Å²) in [5, 5.41) is 2.43. The van der Waals surface area contributed by atoms with Crippen LogP contribution >= 0.6 is 0 Å². The zero-order valence-corrected chi connectivity index (χ0v) is 12.5. The Labute approximate surface area is 121 Å². The normalized spacial score (nSPS) is 14.3. The summed E-state index contributed by atoms with van der Waals surface area (Å²) in [6.45, 7) is 4.47. The highest BCUT2D eigenvalue weighted by Gasteiger charge is 2.22. The predicted molar refractivity (Wildman–Crippen MR) is 85.1 cm³/mol. The number of fused-ring (bicyclic) bond motifs is 1. The molecule has 0 aliphatic heterocycles. The number of hydrogen-bond acceptors (Lipinski definition) is 3. The fraction of sp³-hybridized carbons (Fsp3) is 0.471. The van der Waals surface area contributed by atoms with E-state index in [1.54, 1.807) is 0 Å². The van der Waals surface area contributed by atoms with E-state index in [1.165, 1.54) is 35.6 Å². The van der Waals surface area contributed by atoms with Crippen molar-refractivity contribution in [3.63, 3.8) is 0 Å². The van der Waals surface area contributed by atoms with Gasteiger partial charge in [-0.2, -0.15) is 0 Å². The first-order valence-electron chi connectivity index (χ1n) is 7.60. The summed E-state index contributed by atoms with van der Waals surface area (Å²) in [7, 11) is 0. The number of aromatic nitrogens is 1.